The number of aliphatic hydroxyl groups excluding tert-OH is 1. The Morgan fingerprint density at radius 3 is 2.51 bits per heavy atom. The summed E-state index contributed by atoms with van der Waals surface area (Å²) in [6.07, 6.45) is 7.16. The third-order valence-corrected chi connectivity index (χ3v) is 9.82. The standard InChI is InChI=1S/C32H32Cl3N3O4S/c33-22-8-6-21(7-9-22)26-27(42-17-16-39)29(43-28(26)24-11-10-23(34)18-25(24)35)30(40)38-14-12-32(13-15-38,31(36)41)37-19-20-4-2-1-3-5-20/h1-8,10-11,18,22,37,39H,9,12-17,19H2,(H2,36,41). The van der Waals surface area contributed by atoms with Gasteiger partial charge in [0, 0.05) is 40.7 Å². The molecular weight excluding hydrogens is 629 g/mol. The first-order valence-corrected chi connectivity index (χ1v) is 16.0. The van der Waals surface area contributed by atoms with Crippen molar-refractivity contribution in [1.82, 2.24) is 10.2 Å². The van der Waals surface area contributed by atoms with Gasteiger partial charge >= 0.3 is 0 Å². The predicted octanol–water partition coefficient (Wildman–Crippen LogP) is 6.29. The molecule has 4 N–H and O–H groups in total. The molecule has 0 saturated carbocycles. The number of carbonyl (C=O) groups is 2. The van der Waals surface area contributed by atoms with Gasteiger partial charge in [-0.25, -0.2) is 0 Å². The Labute approximate surface area is 269 Å². The highest BCUT2D eigenvalue weighted by molar-refractivity contribution is 7.18. The van der Waals surface area contributed by atoms with Crippen LogP contribution in [0.3, 0.4) is 0 Å². The third kappa shape index (κ3) is 6.95. The summed E-state index contributed by atoms with van der Waals surface area (Å²) in [6, 6.07) is 15.0. The second kappa shape index (κ2) is 13.8. The molecule has 2 aromatic carbocycles. The molecule has 226 valence electrons. The van der Waals surface area contributed by atoms with Crippen LogP contribution in [0.25, 0.3) is 16.0 Å². The van der Waals surface area contributed by atoms with Crippen LogP contribution < -0.4 is 15.8 Å². The van der Waals surface area contributed by atoms with E-state index in [2.05, 4.69) is 5.32 Å². The topological polar surface area (TPSA) is 105 Å². The van der Waals surface area contributed by atoms with Crippen LogP contribution in [-0.2, 0) is 11.3 Å². The number of hydrogen-bond acceptors (Lipinski definition) is 6. The minimum Gasteiger partial charge on any atom is -0.489 e. The quantitative estimate of drug-likeness (QED) is 0.222. The van der Waals surface area contributed by atoms with Gasteiger partial charge in [0.25, 0.3) is 5.91 Å². The molecule has 0 spiro atoms. The van der Waals surface area contributed by atoms with E-state index in [9.17, 15) is 14.7 Å². The monoisotopic (exact) mass is 659 g/mol. The Morgan fingerprint density at radius 1 is 1.14 bits per heavy atom. The number of benzene rings is 2. The molecule has 1 aliphatic carbocycles. The number of halogens is 3. The Bertz CT molecular complexity index is 1550. The van der Waals surface area contributed by atoms with Gasteiger partial charge in [0.1, 0.15) is 17.0 Å². The van der Waals surface area contributed by atoms with Crippen LogP contribution in [0.5, 0.6) is 5.75 Å². The molecule has 2 aliphatic rings. The molecule has 0 bridgehead atoms. The molecule has 1 unspecified atom stereocenters. The van der Waals surface area contributed by atoms with Gasteiger partial charge < -0.3 is 20.5 Å². The smallest absolute Gasteiger partial charge is 0.267 e. The summed E-state index contributed by atoms with van der Waals surface area (Å²) in [6.45, 7) is 0.910. The predicted molar refractivity (Wildman–Crippen MR) is 174 cm³/mol. The number of hydrogen-bond donors (Lipinski definition) is 3. The van der Waals surface area contributed by atoms with Gasteiger partial charge in [-0.1, -0.05) is 77.8 Å². The summed E-state index contributed by atoms with van der Waals surface area (Å²) in [5.74, 6) is -0.288. The zero-order valence-corrected chi connectivity index (χ0v) is 26.4. The van der Waals surface area contributed by atoms with Crippen molar-refractivity contribution in [1.29, 1.82) is 0 Å². The number of allylic oxidation sites excluding steroid dienone is 4. The first-order valence-electron chi connectivity index (χ1n) is 14.0. The van der Waals surface area contributed by atoms with E-state index in [4.69, 9.17) is 45.3 Å². The van der Waals surface area contributed by atoms with Gasteiger partial charge in [-0.3, -0.25) is 14.9 Å². The largest absolute Gasteiger partial charge is 0.489 e. The number of amides is 2. The lowest BCUT2D eigenvalue weighted by atomic mass is 9.86. The number of rotatable bonds is 10. The highest BCUT2D eigenvalue weighted by Gasteiger charge is 2.41. The van der Waals surface area contributed by atoms with Crippen LogP contribution in [-0.4, -0.2) is 59.0 Å². The van der Waals surface area contributed by atoms with Gasteiger partial charge in [-0.05, 0) is 42.5 Å². The van der Waals surface area contributed by atoms with Crippen molar-refractivity contribution in [2.75, 3.05) is 26.3 Å². The van der Waals surface area contributed by atoms with E-state index in [-0.39, 0.29) is 24.5 Å². The molecule has 0 radical (unpaired) electrons. The van der Waals surface area contributed by atoms with Crippen molar-refractivity contribution < 1.29 is 19.4 Å². The number of likely N-dealkylation sites (tertiary alicyclic amines) is 1. The van der Waals surface area contributed by atoms with Crippen LogP contribution in [0.15, 0.2) is 66.8 Å². The first kappa shape index (κ1) is 31.6. The highest BCUT2D eigenvalue weighted by atomic mass is 35.5. The van der Waals surface area contributed by atoms with Crippen LogP contribution in [0.1, 0.15) is 40.1 Å². The minimum atomic E-state index is -0.929. The number of nitrogens with two attached hydrogens (primary N) is 1. The zero-order valence-electron chi connectivity index (χ0n) is 23.3. The summed E-state index contributed by atoms with van der Waals surface area (Å²) >= 11 is 20.5. The van der Waals surface area contributed by atoms with Crippen molar-refractivity contribution in [3.8, 4) is 16.2 Å². The Morgan fingerprint density at radius 2 is 1.88 bits per heavy atom. The maximum atomic E-state index is 14.2. The fraction of sp³-hybridized carbons (Fsp3) is 0.312. The normalized spacial score (nSPS) is 17.9. The maximum Gasteiger partial charge on any atom is 0.267 e. The van der Waals surface area contributed by atoms with Crippen LogP contribution in [0, 0.1) is 0 Å². The number of thiophene rings is 1. The number of aliphatic hydroxyl groups is 1. The lowest BCUT2D eigenvalue weighted by Crippen LogP contribution is -2.61. The third-order valence-electron chi connectivity index (χ3n) is 7.76. The highest BCUT2D eigenvalue weighted by Crippen LogP contribution is 2.49. The molecular formula is C32H32Cl3N3O4S. The van der Waals surface area contributed by atoms with Gasteiger partial charge in [0.05, 0.1) is 17.0 Å². The molecule has 3 aromatic rings. The van der Waals surface area contributed by atoms with Crippen molar-refractivity contribution in [2.24, 2.45) is 5.73 Å². The van der Waals surface area contributed by atoms with E-state index in [1.165, 1.54) is 11.3 Å². The van der Waals surface area contributed by atoms with E-state index < -0.39 is 11.4 Å². The van der Waals surface area contributed by atoms with E-state index >= 15 is 0 Å². The lowest BCUT2D eigenvalue weighted by Gasteiger charge is -2.40. The van der Waals surface area contributed by atoms with Gasteiger partial charge in [0.2, 0.25) is 5.91 Å². The van der Waals surface area contributed by atoms with E-state index in [1.807, 2.05) is 54.6 Å². The molecule has 2 heterocycles. The van der Waals surface area contributed by atoms with E-state index in [0.29, 0.717) is 70.7 Å². The summed E-state index contributed by atoms with van der Waals surface area (Å²) in [5.41, 5.74) is 8.26. The summed E-state index contributed by atoms with van der Waals surface area (Å²) in [7, 11) is 0. The van der Waals surface area contributed by atoms with Crippen LogP contribution in [0.2, 0.25) is 10.0 Å². The summed E-state index contributed by atoms with van der Waals surface area (Å²) in [4.78, 5) is 29.7. The van der Waals surface area contributed by atoms with E-state index in [0.717, 1.165) is 16.0 Å². The second-order valence-corrected chi connectivity index (χ2v) is 12.9. The molecule has 5 rings (SSSR count). The Balaban J connectivity index is 1.48. The maximum absolute atomic E-state index is 14.2. The van der Waals surface area contributed by atoms with Gasteiger partial charge in [0.15, 0.2) is 5.75 Å². The number of carbonyl (C=O) groups excluding carboxylic acids is 2. The van der Waals surface area contributed by atoms with Crippen molar-refractivity contribution >= 4 is 63.5 Å². The minimum absolute atomic E-state index is 0.00111. The molecule has 1 saturated heterocycles. The zero-order chi connectivity index (χ0) is 30.6. The Kier molecular flexibility index (Phi) is 10.2. The molecule has 7 nitrogen and oxygen atoms in total. The molecule has 11 heteroatoms. The lowest BCUT2D eigenvalue weighted by molar-refractivity contribution is -0.126. The molecule has 43 heavy (non-hydrogen) atoms. The number of ether oxygens (including phenoxy) is 1. The van der Waals surface area contributed by atoms with Gasteiger partial charge in [-0.2, -0.15) is 0 Å². The van der Waals surface area contributed by atoms with Crippen LogP contribution >= 0.6 is 46.1 Å². The number of piperidine rings is 1. The summed E-state index contributed by atoms with van der Waals surface area (Å²) in [5, 5.41) is 13.8. The first-order chi connectivity index (χ1) is 20.7. The van der Waals surface area contributed by atoms with E-state index in [1.54, 1.807) is 17.0 Å². The SMILES string of the molecule is NC(=O)C1(NCc2ccccc2)CCN(C(=O)c2sc(-c3ccc(Cl)cc3Cl)c(C3=CCC(Cl)C=C3)c2OCCO)CC1. The molecule has 2 amide bonds. The number of nitrogens with one attached hydrogen (secondary N) is 1. The summed E-state index contributed by atoms with van der Waals surface area (Å²) < 4.78 is 6.09. The molecule has 1 aliphatic heterocycles. The number of primary amides is 1. The second-order valence-electron chi connectivity index (χ2n) is 10.5. The Hall–Kier alpha value is -2.85. The van der Waals surface area contributed by atoms with Crippen molar-refractivity contribution in [2.45, 2.75) is 36.7 Å². The average Bonchev–Trinajstić information content (AvgIpc) is 3.38. The number of nitrogens with zero attached hydrogens (tertiary/aromatic N) is 1. The molecule has 1 aromatic heterocycles. The van der Waals surface area contributed by atoms with Crippen LogP contribution in [0.4, 0.5) is 0 Å². The fourth-order valence-electron chi connectivity index (χ4n) is 5.36. The average molecular weight is 661 g/mol. The van der Waals surface area contributed by atoms with Gasteiger partial charge in [-0.15, -0.1) is 22.9 Å². The number of alkyl halides is 1. The fourth-order valence-corrected chi connectivity index (χ4v) is 7.36. The van der Waals surface area contributed by atoms with Crippen molar-refractivity contribution in [3.63, 3.8) is 0 Å². The van der Waals surface area contributed by atoms with Crippen molar-refractivity contribution in [3.05, 3.63) is 92.8 Å². The molecule has 1 fully saturated rings. The molecule has 1 atom stereocenters.